The third-order valence-electron chi connectivity index (χ3n) is 7.30. The number of benzene rings is 1. The van der Waals surface area contributed by atoms with E-state index in [1.807, 2.05) is 24.3 Å². The van der Waals surface area contributed by atoms with Crippen molar-refractivity contribution in [3.63, 3.8) is 0 Å². The Morgan fingerprint density at radius 3 is 2.59 bits per heavy atom. The number of nitrogens with zero attached hydrogens (tertiary/aromatic N) is 8. The minimum atomic E-state index is -0.406. The van der Waals surface area contributed by atoms with E-state index in [4.69, 9.17) is 11.6 Å². The average Bonchev–Trinajstić information content (AvgIpc) is 3.60. The molecule has 2 aliphatic heterocycles. The molecule has 0 unspecified atom stereocenters. The summed E-state index contributed by atoms with van der Waals surface area (Å²) in [6.45, 7) is 2.94. The zero-order valence-electron chi connectivity index (χ0n) is 18.7. The van der Waals surface area contributed by atoms with E-state index in [1.54, 1.807) is 6.07 Å². The molecule has 34 heavy (non-hydrogen) atoms. The van der Waals surface area contributed by atoms with E-state index in [2.05, 4.69) is 47.8 Å². The number of halogens is 1. The molecule has 3 aromatic rings. The van der Waals surface area contributed by atoms with Gasteiger partial charge >= 0.3 is 0 Å². The molecular formula is C25H23ClN8. The highest BCUT2D eigenvalue weighted by atomic mass is 35.5. The maximum Gasteiger partial charge on any atom is 0.151 e. The summed E-state index contributed by atoms with van der Waals surface area (Å²) >= 11 is 6.37. The fraction of sp³-hybridized carbons (Fsp3) is 0.400. The van der Waals surface area contributed by atoms with Gasteiger partial charge in [0.25, 0.3) is 0 Å². The number of hydrogen-bond acceptors (Lipinski definition) is 7. The Hall–Kier alpha value is -3.46. The minimum absolute atomic E-state index is 0.262. The average molecular weight is 471 g/mol. The Bertz CT molecular complexity index is 1340. The van der Waals surface area contributed by atoms with Gasteiger partial charge in [0.1, 0.15) is 28.9 Å². The number of nitriles is 2. The molecule has 1 aromatic carbocycles. The number of anilines is 1. The van der Waals surface area contributed by atoms with Crippen molar-refractivity contribution in [3.8, 4) is 17.8 Å². The first-order valence-corrected chi connectivity index (χ1v) is 12.0. The molecule has 8 nitrogen and oxygen atoms in total. The van der Waals surface area contributed by atoms with E-state index in [9.17, 15) is 10.5 Å². The Labute approximate surface area is 203 Å². The first-order chi connectivity index (χ1) is 16.6. The van der Waals surface area contributed by atoms with Crippen molar-refractivity contribution >= 4 is 17.4 Å². The third-order valence-corrected chi connectivity index (χ3v) is 7.54. The van der Waals surface area contributed by atoms with Crippen molar-refractivity contribution in [2.24, 2.45) is 0 Å². The summed E-state index contributed by atoms with van der Waals surface area (Å²) in [5, 5.41) is 29.0. The van der Waals surface area contributed by atoms with Crippen molar-refractivity contribution in [2.45, 2.75) is 50.2 Å². The predicted molar refractivity (Wildman–Crippen MR) is 126 cm³/mol. The quantitative estimate of drug-likeness (QED) is 0.571. The van der Waals surface area contributed by atoms with Gasteiger partial charge in [-0.05, 0) is 61.6 Å². The second-order valence-electron chi connectivity index (χ2n) is 9.34. The zero-order valence-corrected chi connectivity index (χ0v) is 19.4. The van der Waals surface area contributed by atoms with Crippen LogP contribution < -0.4 is 4.90 Å². The Balaban J connectivity index is 1.31. The van der Waals surface area contributed by atoms with Crippen LogP contribution in [0.3, 0.4) is 0 Å². The summed E-state index contributed by atoms with van der Waals surface area (Å²) in [5.41, 5.74) is 2.19. The maximum absolute atomic E-state index is 9.82. The Kier molecular flexibility index (Phi) is 5.02. The van der Waals surface area contributed by atoms with Crippen LogP contribution in [0, 0.1) is 22.7 Å². The molecule has 1 aliphatic carbocycles. The fourth-order valence-corrected chi connectivity index (χ4v) is 5.43. The lowest BCUT2D eigenvalue weighted by Gasteiger charge is -2.32. The fourth-order valence-electron chi connectivity index (χ4n) is 5.24. The van der Waals surface area contributed by atoms with E-state index in [1.165, 1.54) is 0 Å². The summed E-state index contributed by atoms with van der Waals surface area (Å²) in [6.07, 6.45) is 3.62. The lowest BCUT2D eigenvalue weighted by Crippen LogP contribution is -2.35. The molecule has 2 aromatic heterocycles. The second kappa shape index (κ2) is 8.09. The molecule has 3 aliphatic rings. The minimum Gasteiger partial charge on any atom is -0.357 e. The van der Waals surface area contributed by atoms with Crippen LogP contribution in [0.1, 0.15) is 54.5 Å². The normalized spacial score (nSPS) is 19.4. The van der Waals surface area contributed by atoms with Crippen LogP contribution in [0.2, 0.25) is 5.02 Å². The van der Waals surface area contributed by atoms with E-state index in [-0.39, 0.29) is 5.92 Å². The molecule has 1 saturated carbocycles. The summed E-state index contributed by atoms with van der Waals surface area (Å²) in [6, 6.07) is 16.2. The van der Waals surface area contributed by atoms with Crippen molar-refractivity contribution in [1.29, 1.82) is 10.5 Å². The van der Waals surface area contributed by atoms with Gasteiger partial charge in [-0.25, -0.2) is 4.98 Å². The van der Waals surface area contributed by atoms with Crippen LogP contribution in [0.4, 0.5) is 5.82 Å². The molecule has 0 bridgehead atoms. The van der Waals surface area contributed by atoms with Crippen molar-refractivity contribution in [3.05, 3.63) is 64.3 Å². The third kappa shape index (κ3) is 3.51. The molecule has 0 radical (unpaired) electrons. The molecule has 1 saturated heterocycles. The number of pyridine rings is 1. The van der Waals surface area contributed by atoms with Gasteiger partial charge < -0.3 is 4.90 Å². The topological polar surface area (TPSA) is 97.7 Å². The van der Waals surface area contributed by atoms with Crippen molar-refractivity contribution in [1.82, 2.24) is 24.6 Å². The molecule has 0 atom stereocenters. The van der Waals surface area contributed by atoms with Crippen molar-refractivity contribution < 1.29 is 0 Å². The Morgan fingerprint density at radius 2 is 1.85 bits per heavy atom. The Morgan fingerprint density at radius 1 is 1.03 bits per heavy atom. The van der Waals surface area contributed by atoms with Crippen LogP contribution in [0.25, 0.3) is 5.69 Å². The van der Waals surface area contributed by atoms with E-state index < -0.39 is 5.54 Å². The molecule has 9 heteroatoms. The van der Waals surface area contributed by atoms with Gasteiger partial charge in [-0.3, -0.25) is 9.47 Å². The van der Waals surface area contributed by atoms with Gasteiger partial charge in [0.15, 0.2) is 5.82 Å². The number of rotatable bonds is 3. The first-order valence-electron chi connectivity index (χ1n) is 11.6. The van der Waals surface area contributed by atoms with Crippen LogP contribution in [-0.2, 0) is 13.1 Å². The van der Waals surface area contributed by atoms with E-state index in [0.717, 1.165) is 67.5 Å². The molecule has 2 fully saturated rings. The number of piperidine rings is 1. The van der Waals surface area contributed by atoms with Crippen LogP contribution >= 0.6 is 11.6 Å². The maximum atomic E-state index is 9.82. The number of hydrogen-bond donors (Lipinski definition) is 0. The SMILES string of the molecule is N#Cc1cccc(N2CCC(c3nnc4n3-c3ccc(Cl)cc3CN(C3(C#N)CC3)C4)CC2)n1. The van der Waals surface area contributed by atoms with Crippen molar-refractivity contribution in [2.75, 3.05) is 18.0 Å². The summed E-state index contributed by atoms with van der Waals surface area (Å²) in [7, 11) is 0. The van der Waals surface area contributed by atoms with Gasteiger partial charge in [-0.1, -0.05) is 17.7 Å². The lowest BCUT2D eigenvalue weighted by atomic mass is 9.95. The predicted octanol–water partition coefficient (Wildman–Crippen LogP) is 3.94. The van der Waals surface area contributed by atoms with Gasteiger partial charge in [-0.2, -0.15) is 10.5 Å². The van der Waals surface area contributed by atoms with Crippen LogP contribution in [-0.4, -0.2) is 43.3 Å². The highest BCUT2D eigenvalue weighted by molar-refractivity contribution is 6.30. The van der Waals surface area contributed by atoms with Gasteiger partial charge in [0, 0.05) is 30.6 Å². The highest BCUT2D eigenvalue weighted by Gasteiger charge is 2.50. The van der Waals surface area contributed by atoms with Gasteiger partial charge in [0.2, 0.25) is 0 Å². The van der Waals surface area contributed by atoms with E-state index >= 15 is 0 Å². The molecular weight excluding hydrogens is 448 g/mol. The van der Waals surface area contributed by atoms with Gasteiger partial charge in [0.05, 0.1) is 18.3 Å². The second-order valence-corrected chi connectivity index (χ2v) is 9.77. The highest BCUT2D eigenvalue weighted by Crippen LogP contribution is 2.44. The summed E-state index contributed by atoms with van der Waals surface area (Å²) < 4.78 is 2.20. The largest absolute Gasteiger partial charge is 0.357 e. The molecule has 0 N–H and O–H groups in total. The zero-order chi connectivity index (χ0) is 23.3. The van der Waals surface area contributed by atoms with Crippen LogP contribution in [0.5, 0.6) is 0 Å². The monoisotopic (exact) mass is 470 g/mol. The smallest absolute Gasteiger partial charge is 0.151 e. The molecule has 0 spiro atoms. The summed E-state index contributed by atoms with van der Waals surface area (Å²) in [4.78, 5) is 8.92. The first kappa shape index (κ1) is 21.1. The molecule has 4 heterocycles. The molecule has 0 amide bonds. The molecule has 170 valence electrons. The summed E-state index contributed by atoms with van der Waals surface area (Å²) in [5.74, 6) is 2.96. The number of fused-ring (bicyclic) bond motifs is 3. The van der Waals surface area contributed by atoms with Gasteiger partial charge in [-0.15, -0.1) is 10.2 Å². The van der Waals surface area contributed by atoms with Crippen LogP contribution in [0.15, 0.2) is 36.4 Å². The molecule has 6 rings (SSSR count). The lowest BCUT2D eigenvalue weighted by molar-refractivity contribution is 0.197. The standard InChI is InChI=1S/C25H23ClN8/c26-19-4-5-21-18(12-19)14-33(25(16-28)8-9-25)15-23-30-31-24(34(21)23)17-6-10-32(11-7-17)22-3-1-2-20(13-27)29-22/h1-5,12,17H,6-11,14-15H2. The number of aromatic nitrogens is 4. The van der Waals surface area contributed by atoms with E-state index in [0.29, 0.717) is 23.8 Å².